The third kappa shape index (κ3) is 6.62. The SMILES string of the molecule is CCCC[n+]1c(N)cc(N)nc1SCC1(C(=O)O)CS[C@@H]2C(NC(=O)C(=NOCC(=O)O)c3csc(N)n3)C(=O)N2C1. The average molecular weight is 641 g/mol. The van der Waals surface area contributed by atoms with Gasteiger partial charge in [0, 0.05) is 23.4 Å². The molecule has 226 valence electrons. The number of oxime groups is 1. The smallest absolute Gasteiger partial charge is 0.344 e. The van der Waals surface area contributed by atoms with Gasteiger partial charge in [0.25, 0.3) is 5.91 Å². The number of aliphatic carboxylic acids is 2. The summed E-state index contributed by atoms with van der Waals surface area (Å²) in [5.74, 6) is -2.74. The van der Waals surface area contributed by atoms with Crippen molar-refractivity contribution in [3.8, 4) is 0 Å². The molecule has 16 nitrogen and oxygen atoms in total. The zero-order valence-electron chi connectivity index (χ0n) is 22.4. The Morgan fingerprint density at radius 3 is 2.71 bits per heavy atom. The van der Waals surface area contributed by atoms with Crippen LogP contribution < -0.4 is 27.1 Å². The van der Waals surface area contributed by atoms with E-state index in [1.54, 1.807) is 10.6 Å². The number of fused-ring (bicyclic) bond motifs is 1. The number of hydrogen-bond donors (Lipinski definition) is 6. The van der Waals surface area contributed by atoms with E-state index in [0.717, 1.165) is 24.2 Å². The van der Waals surface area contributed by atoms with Gasteiger partial charge >= 0.3 is 17.1 Å². The Morgan fingerprint density at radius 1 is 1.31 bits per heavy atom. The average Bonchev–Trinajstić information content (AvgIpc) is 3.37. The topological polar surface area (TPSA) is 253 Å². The van der Waals surface area contributed by atoms with E-state index < -0.39 is 47.2 Å². The van der Waals surface area contributed by atoms with Crippen molar-refractivity contribution in [2.45, 2.75) is 42.9 Å². The number of carbonyl (C=O) groups excluding carboxylic acids is 2. The fourth-order valence-corrected chi connectivity index (χ4v) is 7.73. The number of anilines is 3. The number of carbonyl (C=O) groups is 4. The Morgan fingerprint density at radius 2 is 2.07 bits per heavy atom. The molecule has 0 spiro atoms. The minimum atomic E-state index is -1.30. The second kappa shape index (κ2) is 13.0. The van der Waals surface area contributed by atoms with Crippen molar-refractivity contribution in [1.82, 2.24) is 20.2 Å². The van der Waals surface area contributed by atoms with Crippen molar-refractivity contribution in [2.24, 2.45) is 10.6 Å². The maximum Gasteiger partial charge on any atom is 0.344 e. The van der Waals surface area contributed by atoms with Gasteiger partial charge in [-0.05, 0) is 6.42 Å². The van der Waals surface area contributed by atoms with Crippen molar-refractivity contribution in [3.63, 3.8) is 0 Å². The Bertz CT molecular complexity index is 1420. The maximum absolute atomic E-state index is 13.1. The summed E-state index contributed by atoms with van der Waals surface area (Å²) in [7, 11) is 0. The predicted octanol–water partition coefficient (Wildman–Crippen LogP) is -0.559. The molecule has 2 aromatic heterocycles. The van der Waals surface area contributed by atoms with Crippen LogP contribution in [0.25, 0.3) is 0 Å². The number of unbranched alkanes of at least 4 members (excludes halogenated alkanes) is 1. The first kappa shape index (κ1) is 31.1. The zero-order valence-corrected chi connectivity index (χ0v) is 24.8. The lowest BCUT2D eigenvalue weighted by Gasteiger charge is -2.53. The lowest BCUT2D eigenvalue weighted by molar-refractivity contribution is -0.723. The van der Waals surface area contributed by atoms with E-state index in [0.29, 0.717) is 17.5 Å². The van der Waals surface area contributed by atoms with Crippen molar-refractivity contribution in [2.75, 3.05) is 41.9 Å². The monoisotopic (exact) mass is 640 g/mol. The molecule has 0 bridgehead atoms. The number of thiazole rings is 1. The number of nitrogens with one attached hydrogen (secondary N) is 1. The molecule has 3 atom stereocenters. The third-order valence-corrected chi connectivity index (χ3v) is 10.0. The number of nitrogens with zero attached hydrogens (tertiary/aromatic N) is 5. The van der Waals surface area contributed by atoms with Gasteiger partial charge in [0.15, 0.2) is 10.8 Å². The first-order valence-corrected chi connectivity index (χ1v) is 15.5. The summed E-state index contributed by atoms with van der Waals surface area (Å²) in [5.41, 5.74) is 16.1. The van der Waals surface area contributed by atoms with Gasteiger partial charge in [0.2, 0.25) is 24.1 Å². The normalized spacial score (nSPS) is 21.8. The van der Waals surface area contributed by atoms with E-state index >= 15 is 0 Å². The first-order chi connectivity index (χ1) is 20.0. The van der Waals surface area contributed by atoms with E-state index in [1.807, 2.05) is 6.92 Å². The van der Waals surface area contributed by atoms with Crippen LogP contribution in [0.3, 0.4) is 0 Å². The Hall–Kier alpha value is -3.84. The summed E-state index contributed by atoms with van der Waals surface area (Å²) < 4.78 is 1.80. The molecule has 42 heavy (non-hydrogen) atoms. The number of rotatable bonds is 13. The van der Waals surface area contributed by atoms with Crippen molar-refractivity contribution in [3.05, 3.63) is 17.1 Å². The van der Waals surface area contributed by atoms with Crippen LogP contribution in [-0.2, 0) is 30.6 Å². The molecule has 2 unspecified atom stereocenters. The minimum Gasteiger partial charge on any atom is -0.481 e. The highest BCUT2D eigenvalue weighted by Gasteiger charge is 2.57. The number of carboxylic acids is 2. The number of hydrogen-bond acceptors (Lipinski definition) is 14. The summed E-state index contributed by atoms with van der Waals surface area (Å²) in [4.78, 5) is 64.0. The molecular formula is C23H30N9O7S3+. The Labute approximate surface area is 252 Å². The van der Waals surface area contributed by atoms with Crippen LogP contribution in [0.1, 0.15) is 25.5 Å². The molecule has 2 aromatic rings. The van der Waals surface area contributed by atoms with Crippen LogP contribution in [-0.4, -0.2) is 90.6 Å². The Kier molecular flexibility index (Phi) is 9.62. The summed E-state index contributed by atoms with van der Waals surface area (Å²) in [6, 6.07) is 0.591. The number of β-lactam (4-membered cyclic amide) rings is 1. The summed E-state index contributed by atoms with van der Waals surface area (Å²) >= 11 is 3.48. The fraction of sp³-hybridized carbons (Fsp3) is 0.478. The second-order valence-corrected chi connectivity index (χ2v) is 12.5. The molecule has 0 radical (unpaired) electrons. The van der Waals surface area contributed by atoms with Gasteiger partial charge in [0.05, 0.1) is 12.6 Å². The lowest BCUT2D eigenvalue weighted by atomic mass is 9.89. The Balaban J connectivity index is 1.46. The van der Waals surface area contributed by atoms with Gasteiger partial charge in [-0.3, -0.25) is 14.4 Å². The summed E-state index contributed by atoms with van der Waals surface area (Å²) in [6.07, 6.45) is 1.77. The predicted molar refractivity (Wildman–Crippen MR) is 155 cm³/mol. The van der Waals surface area contributed by atoms with E-state index in [4.69, 9.17) is 27.1 Å². The minimum absolute atomic E-state index is 0.0502. The van der Waals surface area contributed by atoms with Crippen LogP contribution in [0.5, 0.6) is 0 Å². The maximum atomic E-state index is 13.1. The van der Waals surface area contributed by atoms with Crippen LogP contribution >= 0.6 is 34.9 Å². The van der Waals surface area contributed by atoms with Crippen LogP contribution in [0, 0.1) is 5.41 Å². The number of amides is 2. The molecule has 2 aliphatic rings. The van der Waals surface area contributed by atoms with Crippen molar-refractivity contribution >= 4 is 81.1 Å². The molecule has 19 heteroatoms. The molecule has 2 amide bonds. The first-order valence-electron chi connectivity index (χ1n) is 12.6. The van der Waals surface area contributed by atoms with Gasteiger partial charge < -0.3 is 42.5 Å². The van der Waals surface area contributed by atoms with Gasteiger partial charge in [-0.2, -0.15) is 0 Å². The number of nitrogens with two attached hydrogens (primary N) is 3. The number of nitrogen functional groups attached to an aromatic ring is 3. The van der Waals surface area contributed by atoms with E-state index in [9.17, 15) is 24.3 Å². The van der Waals surface area contributed by atoms with Crippen molar-refractivity contribution < 1.29 is 38.8 Å². The molecule has 0 saturated carbocycles. The molecule has 0 aliphatic carbocycles. The van der Waals surface area contributed by atoms with Gasteiger partial charge in [-0.1, -0.05) is 35.2 Å². The highest BCUT2D eigenvalue weighted by molar-refractivity contribution is 8.00. The molecule has 9 N–H and O–H groups in total. The van der Waals surface area contributed by atoms with Crippen LogP contribution in [0.4, 0.5) is 16.8 Å². The molecule has 2 aliphatic heterocycles. The second-order valence-electron chi connectivity index (χ2n) is 9.56. The van der Waals surface area contributed by atoms with Gasteiger partial charge in [-0.15, -0.1) is 23.1 Å². The number of aromatic nitrogens is 3. The largest absolute Gasteiger partial charge is 0.481 e. The van der Waals surface area contributed by atoms with Crippen LogP contribution in [0.2, 0.25) is 0 Å². The molecule has 2 saturated heterocycles. The van der Waals surface area contributed by atoms with Gasteiger partial charge in [-0.25, -0.2) is 14.3 Å². The zero-order chi connectivity index (χ0) is 30.6. The summed E-state index contributed by atoms with van der Waals surface area (Å²) in [5, 5.41) is 26.8. The fourth-order valence-electron chi connectivity index (χ4n) is 4.27. The van der Waals surface area contributed by atoms with E-state index in [2.05, 4.69) is 20.4 Å². The summed E-state index contributed by atoms with van der Waals surface area (Å²) in [6.45, 7) is 1.77. The van der Waals surface area contributed by atoms with E-state index in [-0.39, 0.29) is 40.4 Å². The third-order valence-electron chi connectivity index (χ3n) is 6.48. The van der Waals surface area contributed by atoms with Crippen molar-refractivity contribution in [1.29, 1.82) is 0 Å². The quantitative estimate of drug-likeness (QED) is 0.0401. The molecule has 0 aromatic carbocycles. The molecule has 4 rings (SSSR count). The highest BCUT2D eigenvalue weighted by Crippen LogP contribution is 2.44. The van der Waals surface area contributed by atoms with Crippen LogP contribution in [0.15, 0.2) is 21.8 Å². The number of thioether (sulfide) groups is 2. The molecule has 4 heterocycles. The highest BCUT2D eigenvalue weighted by atomic mass is 32.2. The van der Waals surface area contributed by atoms with E-state index in [1.165, 1.54) is 33.8 Å². The lowest BCUT2D eigenvalue weighted by Crippen LogP contribution is -2.74. The molecule has 2 fully saturated rings. The standard InChI is InChI=1S/C23H29N9O7S3/c1-2-3-4-31-13(25)5-12(24)28-22(31)42-10-23(20(37)38)8-32-18(36)16(19(32)41-9-23)29-17(35)15(30-39-6-14(33)34)11-7-40-21(26)27-11/h5,7,16,19H,2-4,6,8-10H2,1H3,(H8,24,25,26,27,29,33,34,35,37,38)/p+1/t16?,19-,23?/m1/s1. The molecular weight excluding hydrogens is 611 g/mol. The number of carboxylic acid groups (broad SMARTS) is 2. The van der Waals surface area contributed by atoms with Gasteiger partial charge in [0.1, 0.15) is 22.5 Å².